The number of benzene rings is 3. The Hall–Kier alpha value is -2.59. The quantitative estimate of drug-likeness (QED) is 0.253. The molecule has 0 bridgehead atoms. The second-order valence-electron chi connectivity index (χ2n) is 7.84. The van der Waals surface area contributed by atoms with Crippen LogP contribution in [0.1, 0.15) is 53.9 Å². The Labute approximate surface area is 181 Å². The summed E-state index contributed by atoms with van der Waals surface area (Å²) < 4.78 is 5.20. The van der Waals surface area contributed by atoms with Crippen molar-refractivity contribution in [3.05, 3.63) is 77.9 Å². The Morgan fingerprint density at radius 2 is 1.60 bits per heavy atom. The molecule has 0 radical (unpaired) electrons. The summed E-state index contributed by atoms with van der Waals surface area (Å²) in [6.07, 6.45) is 6.38. The first-order valence-corrected chi connectivity index (χ1v) is 11.6. The van der Waals surface area contributed by atoms with Crippen LogP contribution in [0.2, 0.25) is 0 Å². The lowest BCUT2D eigenvalue weighted by Crippen LogP contribution is -2.15. The number of rotatable bonds is 7. The lowest BCUT2D eigenvalue weighted by Gasteiger charge is -2.22. The number of fused-ring (bicyclic) bond motifs is 1. The van der Waals surface area contributed by atoms with E-state index in [2.05, 4.69) is 30.3 Å². The zero-order chi connectivity index (χ0) is 20.8. The van der Waals surface area contributed by atoms with E-state index in [1.54, 1.807) is 0 Å². The molecular weight excluding hydrogens is 392 g/mol. The van der Waals surface area contributed by atoms with E-state index in [4.69, 9.17) is 4.74 Å². The molecule has 0 spiro atoms. The molecule has 4 heteroatoms. The maximum Gasteiger partial charge on any atom is 0.316 e. The molecule has 3 aromatic carbocycles. The molecule has 3 aromatic rings. The Bertz CT molecular complexity index is 1020. The SMILES string of the molecule is O=C(CSc1ccc2ccccc2c1)OCC(=O)c1ccc(C2CCCCC2)cc1. The summed E-state index contributed by atoms with van der Waals surface area (Å²) in [7, 11) is 0. The second kappa shape index (κ2) is 9.94. The Morgan fingerprint density at radius 1 is 0.867 bits per heavy atom. The summed E-state index contributed by atoms with van der Waals surface area (Å²) in [4.78, 5) is 25.5. The number of Topliss-reactive ketones (excluding diaryl/α,β-unsaturated/α-hetero) is 1. The van der Waals surface area contributed by atoms with Gasteiger partial charge in [-0.2, -0.15) is 0 Å². The molecule has 0 atom stereocenters. The molecule has 0 unspecified atom stereocenters. The topological polar surface area (TPSA) is 43.4 Å². The minimum absolute atomic E-state index is 0.158. The third-order valence-electron chi connectivity index (χ3n) is 5.75. The van der Waals surface area contributed by atoms with Crippen LogP contribution in [-0.4, -0.2) is 24.1 Å². The van der Waals surface area contributed by atoms with Gasteiger partial charge in [0, 0.05) is 10.5 Å². The smallest absolute Gasteiger partial charge is 0.316 e. The van der Waals surface area contributed by atoms with E-state index in [9.17, 15) is 9.59 Å². The van der Waals surface area contributed by atoms with Gasteiger partial charge in [-0.3, -0.25) is 9.59 Å². The van der Waals surface area contributed by atoms with Crippen LogP contribution >= 0.6 is 11.8 Å². The van der Waals surface area contributed by atoms with Crippen molar-refractivity contribution in [1.82, 2.24) is 0 Å². The van der Waals surface area contributed by atoms with Crippen molar-refractivity contribution >= 4 is 34.3 Å². The van der Waals surface area contributed by atoms with Crippen molar-refractivity contribution < 1.29 is 14.3 Å². The number of esters is 1. The van der Waals surface area contributed by atoms with Gasteiger partial charge in [-0.15, -0.1) is 11.8 Å². The minimum atomic E-state index is -0.375. The maximum absolute atomic E-state index is 12.4. The molecule has 4 rings (SSSR count). The molecule has 1 aliphatic rings. The molecule has 154 valence electrons. The van der Waals surface area contributed by atoms with E-state index in [0.29, 0.717) is 11.5 Å². The molecule has 30 heavy (non-hydrogen) atoms. The van der Waals surface area contributed by atoms with E-state index in [1.165, 1.54) is 54.8 Å². The van der Waals surface area contributed by atoms with Crippen LogP contribution in [0.15, 0.2) is 71.6 Å². The Morgan fingerprint density at radius 3 is 2.37 bits per heavy atom. The fourth-order valence-corrected chi connectivity index (χ4v) is 4.79. The highest BCUT2D eigenvalue weighted by Gasteiger charge is 2.16. The van der Waals surface area contributed by atoms with Gasteiger partial charge in [-0.05, 0) is 47.2 Å². The first-order chi connectivity index (χ1) is 14.7. The number of hydrogen-bond donors (Lipinski definition) is 0. The summed E-state index contributed by atoms with van der Waals surface area (Å²) in [5.74, 6) is 0.272. The zero-order valence-electron chi connectivity index (χ0n) is 17.0. The van der Waals surface area contributed by atoms with Crippen molar-refractivity contribution in [1.29, 1.82) is 0 Å². The first kappa shape index (κ1) is 20.7. The van der Waals surface area contributed by atoms with Crippen molar-refractivity contribution in [2.45, 2.75) is 42.9 Å². The predicted molar refractivity (Wildman–Crippen MR) is 122 cm³/mol. The highest BCUT2D eigenvalue weighted by Crippen LogP contribution is 2.32. The van der Waals surface area contributed by atoms with Gasteiger partial charge in [0.1, 0.15) is 0 Å². The van der Waals surface area contributed by atoms with Crippen LogP contribution in [-0.2, 0) is 9.53 Å². The van der Waals surface area contributed by atoms with Gasteiger partial charge in [0.25, 0.3) is 0 Å². The second-order valence-corrected chi connectivity index (χ2v) is 8.89. The lowest BCUT2D eigenvalue weighted by molar-refractivity contribution is -0.139. The Kier molecular flexibility index (Phi) is 6.85. The van der Waals surface area contributed by atoms with Crippen molar-refractivity contribution in [2.24, 2.45) is 0 Å². The zero-order valence-corrected chi connectivity index (χ0v) is 17.8. The van der Waals surface area contributed by atoms with Gasteiger partial charge in [0.2, 0.25) is 0 Å². The molecule has 0 saturated heterocycles. The molecule has 1 aliphatic carbocycles. The van der Waals surface area contributed by atoms with E-state index in [-0.39, 0.29) is 24.1 Å². The van der Waals surface area contributed by atoms with Gasteiger partial charge in [0.05, 0.1) is 5.75 Å². The number of thioether (sulfide) groups is 1. The van der Waals surface area contributed by atoms with E-state index in [1.807, 2.05) is 36.4 Å². The third kappa shape index (κ3) is 5.31. The van der Waals surface area contributed by atoms with Crippen molar-refractivity contribution in [2.75, 3.05) is 12.4 Å². The molecule has 0 aromatic heterocycles. The van der Waals surface area contributed by atoms with Crippen molar-refractivity contribution in [3.8, 4) is 0 Å². The van der Waals surface area contributed by atoms with E-state index in [0.717, 1.165) is 10.3 Å². The summed E-state index contributed by atoms with van der Waals surface area (Å²) >= 11 is 1.42. The fourth-order valence-electron chi connectivity index (χ4n) is 4.05. The summed E-state index contributed by atoms with van der Waals surface area (Å²) in [5.41, 5.74) is 1.92. The first-order valence-electron chi connectivity index (χ1n) is 10.6. The molecule has 0 amide bonds. The fraction of sp³-hybridized carbons (Fsp3) is 0.308. The number of ether oxygens (including phenoxy) is 1. The largest absolute Gasteiger partial charge is 0.457 e. The molecule has 0 N–H and O–H groups in total. The normalized spacial score (nSPS) is 14.5. The number of ketones is 1. The summed E-state index contributed by atoms with van der Waals surface area (Å²) in [6, 6.07) is 22.1. The minimum Gasteiger partial charge on any atom is -0.457 e. The van der Waals surface area contributed by atoms with Crippen LogP contribution in [0.3, 0.4) is 0 Å². The van der Waals surface area contributed by atoms with Crippen LogP contribution in [0.25, 0.3) is 10.8 Å². The van der Waals surface area contributed by atoms with Gasteiger partial charge in [0.15, 0.2) is 12.4 Å². The third-order valence-corrected chi connectivity index (χ3v) is 6.72. The monoisotopic (exact) mass is 418 g/mol. The lowest BCUT2D eigenvalue weighted by atomic mass is 9.84. The van der Waals surface area contributed by atoms with Crippen LogP contribution in [0.4, 0.5) is 0 Å². The molecule has 1 fully saturated rings. The van der Waals surface area contributed by atoms with Gasteiger partial charge >= 0.3 is 5.97 Å². The van der Waals surface area contributed by atoms with Crippen LogP contribution < -0.4 is 0 Å². The van der Waals surface area contributed by atoms with E-state index >= 15 is 0 Å². The number of carbonyl (C=O) groups excluding carboxylic acids is 2. The van der Waals surface area contributed by atoms with Crippen molar-refractivity contribution in [3.63, 3.8) is 0 Å². The standard InChI is InChI=1S/C26H26O3S/c27-25(22-12-10-21(11-13-22)19-6-2-1-3-7-19)17-29-26(28)18-30-24-15-14-20-8-4-5-9-23(20)16-24/h4-5,8-16,19H,1-3,6-7,17-18H2. The van der Waals surface area contributed by atoms with Crippen LogP contribution in [0, 0.1) is 0 Å². The number of carbonyl (C=O) groups is 2. The average molecular weight is 419 g/mol. The molecule has 0 aliphatic heterocycles. The molecule has 3 nitrogen and oxygen atoms in total. The number of hydrogen-bond acceptors (Lipinski definition) is 4. The molecular formula is C26H26O3S. The van der Waals surface area contributed by atoms with Crippen LogP contribution in [0.5, 0.6) is 0 Å². The van der Waals surface area contributed by atoms with Gasteiger partial charge in [-0.25, -0.2) is 0 Å². The highest BCUT2D eigenvalue weighted by atomic mass is 32.2. The summed E-state index contributed by atoms with van der Waals surface area (Å²) in [5, 5.41) is 2.31. The molecule has 0 heterocycles. The van der Waals surface area contributed by atoms with Gasteiger partial charge in [-0.1, -0.05) is 73.9 Å². The summed E-state index contributed by atoms with van der Waals surface area (Å²) in [6.45, 7) is -0.208. The highest BCUT2D eigenvalue weighted by molar-refractivity contribution is 8.00. The maximum atomic E-state index is 12.4. The predicted octanol–water partition coefficient (Wildman–Crippen LogP) is 6.41. The van der Waals surface area contributed by atoms with Gasteiger partial charge < -0.3 is 4.74 Å². The van der Waals surface area contributed by atoms with E-state index < -0.39 is 0 Å². The Balaban J connectivity index is 1.25. The molecule has 1 saturated carbocycles. The average Bonchev–Trinajstić information content (AvgIpc) is 2.81.